The molecule has 1 aliphatic heterocycles. The molecule has 0 bridgehead atoms. The molecule has 118 valence electrons. The highest BCUT2D eigenvalue weighted by Gasteiger charge is 2.31. The van der Waals surface area contributed by atoms with Gasteiger partial charge in [0.2, 0.25) is 0 Å². The maximum Gasteiger partial charge on any atom is 0.573 e. The Balaban J connectivity index is 1.91. The average Bonchev–Trinajstić information content (AvgIpc) is 2.38. The van der Waals surface area contributed by atoms with Gasteiger partial charge in [0.05, 0.1) is 10.6 Å². The minimum Gasteiger partial charge on any atom is -0.405 e. The minimum absolute atomic E-state index is 0.231. The highest BCUT2D eigenvalue weighted by molar-refractivity contribution is 9.10. The summed E-state index contributed by atoms with van der Waals surface area (Å²) >= 11 is 3.10. The molecule has 1 aromatic rings. The van der Waals surface area contributed by atoms with Gasteiger partial charge in [0.25, 0.3) is 0 Å². The Morgan fingerprint density at radius 3 is 2.81 bits per heavy atom. The lowest BCUT2D eigenvalue weighted by atomic mass is 10.0. The lowest BCUT2D eigenvalue weighted by Gasteiger charge is -2.28. The number of nitrogens with one attached hydrogen (secondary N) is 1. The molecule has 2 unspecified atom stereocenters. The molecule has 7 heteroatoms. The van der Waals surface area contributed by atoms with Crippen molar-refractivity contribution in [1.29, 1.82) is 0 Å². The summed E-state index contributed by atoms with van der Waals surface area (Å²) in [5.41, 5.74) is 0.899. The number of benzene rings is 1. The standard InChI is InChI=1S/C14H17BrF3NO2/c1-9-6-11(4-5-20-9)19-8-10-2-3-13(12(15)7-10)21-14(16,17)18/h2-3,7,9,11,19H,4-6,8H2,1H3. The summed E-state index contributed by atoms with van der Waals surface area (Å²) in [5.74, 6) is -0.231. The van der Waals surface area contributed by atoms with E-state index < -0.39 is 6.36 Å². The molecule has 0 spiro atoms. The van der Waals surface area contributed by atoms with Crippen molar-refractivity contribution in [2.24, 2.45) is 0 Å². The number of hydrogen-bond donors (Lipinski definition) is 1. The number of ether oxygens (including phenoxy) is 2. The molecule has 1 aromatic carbocycles. The van der Waals surface area contributed by atoms with Crippen LogP contribution < -0.4 is 10.1 Å². The van der Waals surface area contributed by atoms with Crippen LogP contribution in [0.15, 0.2) is 22.7 Å². The lowest BCUT2D eigenvalue weighted by Crippen LogP contribution is -2.37. The van der Waals surface area contributed by atoms with Crippen LogP contribution in [0.5, 0.6) is 5.75 Å². The number of alkyl halides is 3. The van der Waals surface area contributed by atoms with E-state index in [1.807, 2.05) is 6.92 Å². The highest BCUT2D eigenvalue weighted by atomic mass is 79.9. The Hall–Kier alpha value is -0.790. The molecule has 0 amide bonds. The molecule has 1 saturated heterocycles. The van der Waals surface area contributed by atoms with Crippen LogP contribution in [0.1, 0.15) is 25.3 Å². The molecule has 0 radical (unpaired) electrons. The summed E-state index contributed by atoms with van der Waals surface area (Å²) in [4.78, 5) is 0. The van der Waals surface area contributed by atoms with Gasteiger partial charge in [-0.1, -0.05) is 6.07 Å². The van der Waals surface area contributed by atoms with Gasteiger partial charge in [0.15, 0.2) is 0 Å². The van der Waals surface area contributed by atoms with Gasteiger partial charge in [-0.3, -0.25) is 0 Å². The maximum absolute atomic E-state index is 12.2. The summed E-state index contributed by atoms with van der Waals surface area (Å²) in [5, 5.41) is 3.40. The van der Waals surface area contributed by atoms with Crippen LogP contribution >= 0.6 is 15.9 Å². The monoisotopic (exact) mass is 367 g/mol. The number of hydrogen-bond acceptors (Lipinski definition) is 3. The molecule has 21 heavy (non-hydrogen) atoms. The Morgan fingerprint density at radius 1 is 1.43 bits per heavy atom. The lowest BCUT2D eigenvalue weighted by molar-refractivity contribution is -0.274. The van der Waals surface area contributed by atoms with Gasteiger partial charge in [-0.2, -0.15) is 0 Å². The van der Waals surface area contributed by atoms with Crippen LogP contribution in [-0.2, 0) is 11.3 Å². The van der Waals surface area contributed by atoms with E-state index >= 15 is 0 Å². The first-order valence-electron chi connectivity index (χ1n) is 6.72. The zero-order chi connectivity index (χ0) is 15.5. The Labute approximate surface area is 129 Å². The number of rotatable bonds is 4. The second-order valence-electron chi connectivity index (χ2n) is 5.10. The van der Waals surface area contributed by atoms with E-state index in [0.717, 1.165) is 25.0 Å². The third kappa shape index (κ3) is 5.48. The summed E-state index contributed by atoms with van der Waals surface area (Å²) in [7, 11) is 0. The molecule has 1 fully saturated rings. The molecule has 1 aliphatic rings. The molecule has 2 rings (SSSR count). The van der Waals surface area contributed by atoms with Crippen molar-refractivity contribution in [3.8, 4) is 5.75 Å². The zero-order valence-corrected chi connectivity index (χ0v) is 13.1. The van der Waals surface area contributed by atoms with E-state index in [9.17, 15) is 13.2 Å². The van der Waals surface area contributed by atoms with E-state index in [1.54, 1.807) is 12.1 Å². The first kappa shape index (κ1) is 16.6. The summed E-state index contributed by atoms with van der Waals surface area (Å²) in [6, 6.07) is 4.96. The largest absolute Gasteiger partial charge is 0.573 e. The molecular weight excluding hydrogens is 351 g/mol. The van der Waals surface area contributed by atoms with Crippen molar-refractivity contribution < 1.29 is 22.6 Å². The predicted molar refractivity (Wildman–Crippen MR) is 76.1 cm³/mol. The van der Waals surface area contributed by atoms with Crippen LogP contribution in [0.2, 0.25) is 0 Å². The van der Waals surface area contributed by atoms with Gasteiger partial charge in [0.1, 0.15) is 5.75 Å². The topological polar surface area (TPSA) is 30.5 Å². The zero-order valence-electron chi connectivity index (χ0n) is 11.5. The maximum atomic E-state index is 12.2. The predicted octanol–water partition coefficient (Wildman–Crippen LogP) is 4.00. The first-order chi connectivity index (χ1) is 9.83. The van der Waals surface area contributed by atoms with Gasteiger partial charge in [-0.15, -0.1) is 13.2 Å². The van der Waals surface area contributed by atoms with Crippen molar-refractivity contribution in [3.63, 3.8) is 0 Å². The third-order valence-corrected chi connectivity index (χ3v) is 3.92. The Kier molecular flexibility index (Phi) is 5.51. The smallest absolute Gasteiger partial charge is 0.405 e. The fourth-order valence-corrected chi connectivity index (χ4v) is 2.81. The van der Waals surface area contributed by atoms with Gasteiger partial charge in [-0.25, -0.2) is 0 Å². The van der Waals surface area contributed by atoms with Crippen molar-refractivity contribution in [3.05, 3.63) is 28.2 Å². The average molecular weight is 368 g/mol. The quantitative estimate of drug-likeness (QED) is 0.872. The van der Waals surface area contributed by atoms with Gasteiger partial charge in [0, 0.05) is 19.2 Å². The molecule has 0 aromatic heterocycles. The van der Waals surface area contributed by atoms with Crippen LogP contribution in [-0.4, -0.2) is 25.1 Å². The van der Waals surface area contributed by atoms with E-state index in [-0.39, 0.29) is 11.9 Å². The molecule has 1 N–H and O–H groups in total. The second-order valence-corrected chi connectivity index (χ2v) is 5.95. The van der Waals surface area contributed by atoms with E-state index in [2.05, 4.69) is 26.0 Å². The molecule has 0 aliphatic carbocycles. The van der Waals surface area contributed by atoms with Crippen molar-refractivity contribution in [1.82, 2.24) is 5.32 Å². The molecule has 2 atom stereocenters. The summed E-state index contributed by atoms with van der Waals surface area (Å²) in [6.45, 7) is 3.37. The minimum atomic E-state index is -4.68. The van der Waals surface area contributed by atoms with Crippen LogP contribution in [0.25, 0.3) is 0 Å². The van der Waals surface area contributed by atoms with Crippen LogP contribution in [0.4, 0.5) is 13.2 Å². The fraction of sp³-hybridized carbons (Fsp3) is 0.571. The van der Waals surface area contributed by atoms with Gasteiger partial charge >= 0.3 is 6.36 Å². The fourth-order valence-electron chi connectivity index (χ4n) is 2.31. The Bertz CT molecular complexity index is 482. The van der Waals surface area contributed by atoms with E-state index in [1.165, 1.54) is 6.07 Å². The van der Waals surface area contributed by atoms with Gasteiger partial charge in [-0.05, 0) is 53.4 Å². The number of halogens is 4. The summed E-state index contributed by atoms with van der Waals surface area (Å²) < 4.78 is 46.2. The van der Waals surface area contributed by atoms with Crippen LogP contribution in [0, 0.1) is 0 Å². The third-order valence-electron chi connectivity index (χ3n) is 3.30. The molecule has 1 heterocycles. The second kappa shape index (κ2) is 6.98. The summed E-state index contributed by atoms with van der Waals surface area (Å²) in [6.07, 6.45) is -2.55. The highest BCUT2D eigenvalue weighted by Crippen LogP contribution is 2.31. The SMILES string of the molecule is CC1CC(NCc2ccc(OC(F)(F)F)c(Br)c2)CCO1. The van der Waals surface area contributed by atoms with E-state index in [0.29, 0.717) is 17.1 Å². The van der Waals surface area contributed by atoms with Crippen molar-refractivity contribution >= 4 is 15.9 Å². The van der Waals surface area contributed by atoms with Crippen LogP contribution in [0.3, 0.4) is 0 Å². The van der Waals surface area contributed by atoms with Gasteiger partial charge < -0.3 is 14.8 Å². The van der Waals surface area contributed by atoms with E-state index in [4.69, 9.17) is 4.74 Å². The normalized spacial score (nSPS) is 23.1. The first-order valence-corrected chi connectivity index (χ1v) is 7.52. The van der Waals surface area contributed by atoms with Crippen molar-refractivity contribution in [2.75, 3.05) is 6.61 Å². The molecular formula is C14H17BrF3NO2. The Morgan fingerprint density at radius 2 is 2.19 bits per heavy atom. The molecule has 0 saturated carbocycles. The van der Waals surface area contributed by atoms with Crippen molar-refractivity contribution in [2.45, 2.75) is 44.8 Å². The molecule has 3 nitrogen and oxygen atoms in total.